The predicted molar refractivity (Wildman–Crippen MR) is 57.3 cm³/mol. The molecule has 0 bridgehead atoms. The Morgan fingerprint density at radius 2 is 2.38 bits per heavy atom. The Morgan fingerprint density at radius 3 is 3.00 bits per heavy atom. The highest BCUT2D eigenvalue weighted by Crippen LogP contribution is 2.17. The maximum atomic E-state index is 5.76. The van der Waals surface area contributed by atoms with E-state index < -0.39 is 0 Å². The average molecular weight is 197 g/mol. The molecule has 0 spiro atoms. The molecular weight excluding hydrogens is 184 g/mol. The standard InChI is InChI=1S/C10H13ClN2/c1-7(2)5-12-9-4-10(11)13-6-8(9)3/h4,6H,1,5H2,2-3H3,(H,12,13). The van der Waals surface area contributed by atoms with Crippen LogP contribution in [-0.2, 0) is 0 Å². The maximum absolute atomic E-state index is 5.76. The molecule has 0 amide bonds. The van der Waals surface area contributed by atoms with Crippen molar-refractivity contribution in [2.75, 3.05) is 11.9 Å². The van der Waals surface area contributed by atoms with Crippen molar-refractivity contribution >= 4 is 17.3 Å². The third-order valence-electron chi connectivity index (χ3n) is 1.65. The van der Waals surface area contributed by atoms with E-state index in [0.717, 1.165) is 23.4 Å². The van der Waals surface area contributed by atoms with Gasteiger partial charge in [0, 0.05) is 18.4 Å². The first-order valence-corrected chi connectivity index (χ1v) is 4.48. The molecule has 0 aliphatic heterocycles. The SMILES string of the molecule is C=C(C)CNc1cc(Cl)ncc1C. The Hall–Kier alpha value is -1.02. The second kappa shape index (κ2) is 4.28. The molecule has 0 radical (unpaired) electrons. The molecule has 0 saturated heterocycles. The fourth-order valence-electron chi connectivity index (χ4n) is 0.935. The van der Waals surface area contributed by atoms with Gasteiger partial charge in [0.15, 0.2) is 0 Å². The van der Waals surface area contributed by atoms with E-state index >= 15 is 0 Å². The van der Waals surface area contributed by atoms with Crippen LogP contribution in [0.25, 0.3) is 0 Å². The number of hydrogen-bond acceptors (Lipinski definition) is 2. The summed E-state index contributed by atoms with van der Waals surface area (Å²) < 4.78 is 0. The largest absolute Gasteiger partial charge is 0.381 e. The Kier molecular flexibility index (Phi) is 3.32. The van der Waals surface area contributed by atoms with Crippen molar-refractivity contribution in [3.63, 3.8) is 0 Å². The normalized spacial score (nSPS) is 9.77. The summed E-state index contributed by atoms with van der Waals surface area (Å²) in [6.45, 7) is 8.54. The van der Waals surface area contributed by atoms with E-state index in [-0.39, 0.29) is 0 Å². The second-order valence-electron chi connectivity index (χ2n) is 3.13. The first kappa shape index (κ1) is 10.1. The van der Waals surface area contributed by atoms with Gasteiger partial charge in [-0.3, -0.25) is 0 Å². The van der Waals surface area contributed by atoms with Gasteiger partial charge in [-0.1, -0.05) is 23.8 Å². The Labute approximate surface area is 83.6 Å². The minimum absolute atomic E-state index is 0.509. The van der Waals surface area contributed by atoms with Gasteiger partial charge in [-0.15, -0.1) is 0 Å². The smallest absolute Gasteiger partial charge is 0.131 e. The van der Waals surface area contributed by atoms with E-state index in [9.17, 15) is 0 Å². The first-order valence-electron chi connectivity index (χ1n) is 4.10. The molecule has 1 N–H and O–H groups in total. The minimum Gasteiger partial charge on any atom is -0.381 e. The molecule has 13 heavy (non-hydrogen) atoms. The van der Waals surface area contributed by atoms with Crippen molar-refractivity contribution in [2.45, 2.75) is 13.8 Å². The molecule has 0 aromatic carbocycles. The lowest BCUT2D eigenvalue weighted by atomic mass is 10.2. The monoisotopic (exact) mass is 196 g/mol. The first-order chi connectivity index (χ1) is 6.09. The number of aromatic nitrogens is 1. The summed E-state index contributed by atoms with van der Waals surface area (Å²) in [6, 6.07) is 1.82. The van der Waals surface area contributed by atoms with Crippen molar-refractivity contribution in [2.24, 2.45) is 0 Å². The van der Waals surface area contributed by atoms with E-state index in [2.05, 4.69) is 16.9 Å². The third-order valence-corrected chi connectivity index (χ3v) is 1.86. The quantitative estimate of drug-likeness (QED) is 0.594. The number of anilines is 1. The molecule has 1 aromatic rings. The van der Waals surface area contributed by atoms with Gasteiger partial charge >= 0.3 is 0 Å². The van der Waals surface area contributed by atoms with Crippen molar-refractivity contribution in [1.29, 1.82) is 0 Å². The van der Waals surface area contributed by atoms with E-state index in [4.69, 9.17) is 11.6 Å². The minimum atomic E-state index is 0.509. The van der Waals surface area contributed by atoms with Gasteiger partial charge in [0.05, 0.1) is 0 Å². The summed E-state index contributed by atoms with van der Waals surface area (Å²) in [6.07, 6.45) is 1.75. The Balaban J connectivity index is 2.75. The maximum Gasteiger partial charge on any atom is 0.131 e. The summed E-state index contributed by atoms with van der Waals surface area (Å²) in [4.78, 5) is 3.97. The molecule has 2 nitrogen and oxygen atoms in total. The topological polar surface area (TPSA) is 24.9 Å². The molecule has 0 atom stereocenters. The summed E-state index contributed by atoms with van der Waals surface area (Å²) in [7, 11) is 0. The van der Waals surface area contributed by atoms with E-state index in [1.165, 1.54) is 0 Å². The Bertz CT molecular complexity index is 321. The highest BCUT2D eigenvalue weighted by atomic mass is 35.5. The number of hydrogen-bond donors (Lipinski definition) is 1. The summed E-state index contributed by atoms with van der Waals surface area (Å²) in [5.41, 5.74) is 3.20. The molecule has 0 aliphatic rings. The highest BCUT2D eigenvalue weighted by Gasteiger charge is 1.98. The molecule has 0 aliphatic carbocycles. The summed E-state index contributed by atoms with van der Waals surface area (Å²) >= 11 is 5.76. The zero-order valence-corrected chi connectivity index (χ0v) is 8.65. The highest BCUT2D eigenvalue weighted by molar-refractivity contribution is 6.29. The van der Waals surface area contributed by atoms with Crippen LogP contribution in [0.3, 0.4) is 0 Å². The fraction of sp³-hybridized carbons (Fsp3) is 0.300. The predicted octanol–water partition coefficient (Wildman–Crippen LogP) is 3.03. The second-order valence-corrected chi connectivity index (χ2v) is 3.52. The average Bonchev–Trinajstić information content (AvgIpc) is 2.06. The van der Waals surface area contributed by atoms with Crippen LogP contribution in [0.15, 0.2) is 24.4 Å². The summed E-state index contributed by atoms with van der Waals surface area (Å²) in [5, 5.41) is 3.74. The molecule has 70 valence electrons. The number of rotatable bonds is 3. The molecule has 1 heterocycles. The van der Waals surface area contributed by atoms with Gasteiger partial charge in [-0.25, -0.2) is 4.98 Å². The van der Waals surface area contributed by atoms with Gasteiger partial charge in [-0.05, 0) is 25.5 Å². The lowest BCUT2D eigenvalue weighted by molar-refractivity contribution is 1.18. The van der Waals surface area contributed by atoms with Crippen molar-refractivity contribution < 1.29 is 0 Å². The van der Waals surface area contributed by atoms with E-state index in [1.54, 1.807) is 6.20 Å². The van der Waals surface area contributed by atoms with Crippen LogP contribution in [0.2, 0.25) is 5.15 Å². The summed E-state index contributed by atoms with van der Waals surface area (Å²) in [5.74, 6) is 0. The van der Waals surface area contributed by atoms with E-state index in [1.807, 2.05) is 19.9 Å². The van der Waals surface area contributed by atoms with Crippen LogP contribution in [0.5, 0.6) is 0 Å². The van der Waals surface area contributed by atoms with Gasteiger partial charge in [0.25, 0.3) is 0 Å². The van der Waals surface area contributed by atoms with Crippen LogP contribution in [0.1, 0.15) is 12.5 Å². The van der Waals surface area contributed by atoms with Crippen molar-refractivity contribution in [3.8, 4) is 0 Å². The molecule has 1 aromatic heterocycles. The lowest BCUT2D eigenvalue weighted by Crippen LogP contribution is -2.03. The molecule has 3 heteroatoms. The molecule has 0 unspecified atom stereocenters. The Morgan fingerprint density at radius 1 is 1.69 bits per heavy atom. The van der Waals surface area contributed by atoms with Gasteiger partial charge in [0.2, 0.25) is 0 Å². The van der Waals surface area contributed by atoms with Crippen LogP contribution >= 0.6 is 11.6 Å². The molecule has 1 rings (SSSR count). The third kappa shape index (κ3) is 3.07. The number of aryl methyl sites for hydroxylation is 1. The van der Waals surface area contributed by atoms with Crippen LogP contribution in [0, 0.1) is 6.92 Å². The lowest BCUT2D eigenvalue weighted by Gasteiger charge is -2.08. The number of halogens is 1. The van der Waals surface area contributed by atoms with Crippen molar-refractivity contribution in [1.82, 2.24) is 4.98 Å². The molecular formula is C10H13ClN2. The van der Waals surface area contributed by atoms with Gasteiger partial charge in [0.1, 0.15) is 5.15 Å². The zero-order valence-electron chi connectivity index (χ0n) is 7.89. The van der Waals surface area contributed by atoms with Gasteiger partial charge in [-0.2, -0.15) is 0 Å². The van der Waals surface area contributed by atoms with Crippen molar-refractivity contribution in [3.05, 3.63) is 35.1 Å². The number of pyridine rings is 1. The number of nitrogens with one attached hydrogen (secondary N) is 1. The van der Waals surface area contributed by atoms with Crippen LogP contribution in [-0.4, -0.2) is 11.5 Å². The fourth-order valence-corrected chi connectivity index (χ4v) is 1.09. The van der Waals surface area contributed by atoms with Gasteiger partial charge < -0.3 is 5.32 Å². The molecule has 0 saturated carbocycles. The molecule has 0 fully saturated rings. The van der Waals surface area contributed by atoms with Crippen LogP contribution in [0.4, 0.5) is 5.69 Å². The van der Waals surface area contributed by atoms with E-state index in [0.29, 0.717) is 5.15 Å². The van der Waals surface area contributed by atoms with Crippen LogP contribution < -0.4 is 5.32 Å². The zero-order chi connectivity index (χ0) is 9.84. The number of nitrogens with zero attached hydrogens (tertiary/aromatic N) is 1.